The largest absolute Gasteiger partial charge is 0.367 e. The first-order chi connectivity index (χ1) is 9.74. The summed E-state index contributed by atoms with van der Waals surface area (Å²) in [7, 11) is 0. The summed E-state index contributed by atoms with van der Waals surface area (Å²) in [6, 6.07) is 17.1. The molecule has 1 N–H and O–H groups in total. The first-order valence-electron chi connectivity index (χ1n) is 6.37. The molecular formula is C16H16ClNO2. The van der Waals surface area contributed by atoms with Crippen LogP contribution in [0.5, 0.6) is 0 Å². The summed E-state index contributed by atoms with van der Waals surface area (Å²) in [6.07, 6.45) is 0. The van der Waals surface area contributed by atoms with Gasteiger partial charge in [-0.3, -0.25) is 4.79 Å². The zero-order valence-corrected chi connectivity index (χ0v) is 11.8. The summed E-state index contributed by atoms with van der Waals surface area (Å²) in [6.45, 7) is 0.975. The Labute approximate surface area is 123 Å². The van der Waals surface area contributed by atoms with Gasteiger partial charge in [-0.1, -0.05) is 54.1 Å². The van der Waals surface area contributed by atoms with Gasteiger partial charge >= 0.3 is 0 Å². The normalized spacial score (nSPS) is 10.2. The van der Waals surface area contributed by atoms with Crippen molar-refractivity contribution < 1.29 is 9.53 Å². The third-order valence-electron chi connectivity index (χ3n) is 2.75. The zero-order chi connectivity index (χ0) is 14.2. The lowest BCUT2D eigenvalue weighted by Crippen LogP contribution is -2.27. The van der Waals surface area contributed by atoms with Gasteiger partial charge in [0.2, 0.25) is 5.91 Å². The fourth-order valence-corrected chi connectivity index (χ4v) is 1.82. The Kier molecular flexibility index (Phi) is 5.59. The van der Waals surface area contributed by atoms with Crippen molar-refractivity contribution in [3.63, 3.8) is 0 Å². The third-order valence-corrected chi connectivity index (χ3v) is 3.00. The van der Waals surface area contributed by atoms with Crippen LogP contribution in [0.4, 0.5) is 0 Å². The van der Waals surface area contributed by atoms with Gasteiger partial charge in [-0.05, 0) is 23.3 Å². The molecule has 0 bridgehead atoms. The van der Waals surface area contributed by atoms with E-state index >= 15 is 0 Å². The molecule has 2 rings (SSSR count). The Morgan fingerprint density at radius 1 is 1.00 bits per heavy atom. The molecule has 4 heteroatoms. The molecule has 0 fully saturated rings. The number of nitrogens with one attached hydrogen (secondary N) is 1. The van der Waals surface area contributed by atoms with Crippen LogP contribution in [0.2, 0.25) is 5.02 Å². The topological polar surface area (TPSA) is 38.3 Å². The molecule has 0 radical (unpaired) electrons. The van der Waals surface area contributed by atoms with Gasteiger partial charge in [0.15, 0.2) is 0 Å². The van der Waals surface area contributed by atoms with Crippen LogP contribution in [-0.4, -0.2) is 12.5 Å². The van der Waals surface area contributed by atoms with E-state index in [1.807, 2.05) is 42.5 Å². The molecule has 0 aliphatic heterocycles. The molecule has 0 unspecified atom stereocenters. The lowest BCUT2D eigenvalue weighted by Gasteiger charge is -2.06. The Morgan fingerprint density at radius 2 is 1.70 bits per heavy atom. The summed E-state index contributed by atoms with van der Waals surface area (Å²) in [4.78, 5) is 11.6. The Bertz CT molecular complexity index is 540. The maximum atomic E-state index is 11.6. The van der Waals surface area contributed by atoms with E-state index in [-0.39, 0.29) is 12.5 Å². The van der Waals surface area contributed by atoms with Crippen LogP contribution in [-0.2, 0) is 22.7 Å². The molecule has 0 spiro atoms. The second-order valence-electron chi connectivity index (χ2n) is 4.38. The van der Waals surface area contributed by atoms with Crippen molar-refractivity contribution in [3.8, 4) is 0 Å². The van der Waals surface area contributed by atoms with Crippen molar-refractivity contribution in [2.24, 2.45) is 0 Å². The zero-order valence-electron chi connectivity index (χ0n) is 11.0. The molecule has 0 saturated heterocycles. The molecule has 104 valence electrons. The predicted octanol–water partition coefficient (Wildman–Crippen LogP) is 3.17. The number of ether oxygens (including phenoxy) is 1. The molecule has 0 aromatic heterocycles. The summed E-state index contributed by atoms with van der Waals surface area (Å²) in [5, 5.41) is 3.48. The number of benzene rings is 2. The molecule has 2 aromatic carbocycles. The minimum Gasteiger partial charge on any atom is -0.367 e. The first-order valence-corrected chi connectivity index (χ1v) is 6.74. The fraction of sp³-hybridized carbons (Fsp3) is 0.188. The molecule has 0 saturated carbocycles. The maximum Gasteiger partial charge on any atom is 0.246 e. The lowest BCUT2D eigenvalue weighted by molar-refractivity contribution is -0.126. The van der Waals surface area contributed by atoms with E-state index in [4.69, 9.17) is 16.3 Å². The smallest absolute Gasteiger partial charge is 0.246 e. The summed E-state index contributed by atoms with van der Waals surface area (Å²) in [5.74, 6) is -0.129. The van der Waals surface area contributed by atoms with Crippen LogP contribution in [0.3, 0.4) is 0 Å². The van der Waals surface area contributed by atoms with Crippen LogP contribution >= 0.6 is 11.6 Å². The van der Waals surface area contributed by atoms with Gasteiger partial charge in [-0.15, -0.1) is 0 Å². The van der Waals surface area contributed by atoms with E-state index < -0.39 is 0 Å². The first kappa shape index (κ1) is 14.6. The van der Waals surface area contributed by atoms with E-state index in [0.717, 1.165) is 11.1 Å². The van der Waals surface area contributed by atoms with E-state index in [1.54, 1.807) is 12.1 Å². The minimum absolute atomic E-state index is 0.0580. The van der Waals surface area contributed by atoms with Crippen molar-refractivity contribution in [3.05, 3.63) is 70.7 Å². The van der Waals surface area contributed by atoms with Gasteiger partial charge in [0, 0.05) is 11.6 Å². The van der Waals surface area contributed by atoms with Gasteiger partial charge in [0.1, 0.15) is 6.61 Å². The fourth-order valence-electron chi connectivity index (χ4n) is 1.69. The SMILES string of the molecule is O=C(COCc1ccccc1)NCc1ccc(Cl)cc1. The molecule has 3 nitrogen and oxygen atoms in total. The highest BCUT2D eigenvalue weighted by Gasteiger charge is 2.02. The van der Waals surface area contributed by atoms with E-state index in [2.05, 4.69) is 5.32 Å². The molecule has 2 aromatic rings. The summed E-state index contributed by atoms with van der Waals surface area (Å²) >= 11 is 5.79. The third kappa shape index (κ3) is 5.03. The summed E-state index contributed by atoms with van der Waals surface area (Å²) < 4.78 is 5.36. The number of carbonyl (C=O) groups excluding carboxylic acids is 1. The van der Waals surface area contributed by atoms with Gasteiger partial charge < -0.3 is 10.1 Å². The molecule has 1 amide bonds. The number of hydrogen-bond donors (Lipinski definition) is 1. The predicted molar refractivity (Wildman–Crippen MR) is 79.4 cm³/mol. The average Bonchev–Trinajstić information content (AvgIpc) is 2.48. The van der Waals surface area contributed by atoms with Gasteiger partial charge in [-0.2, -0.15) is 0 Å². The van der Waals surface area contributed by atoms with E-state index in [0.29, 0.717) is 18.2 Å². The van der Waals surface area contributed by atoms with Crippen molar-refractivity contribution in [2.75, 3.05) is 6.61 Å². The minimum atomic E-state index is -0.129. The highest BCUT2D eigenvalue weighted by molar-refractivity contribution is 6.30. The number of carbonyl (C=O) groups is 1. The van der Waals surface area contributed by atoms with Crippen molar-refractivity contribution in [2.45, 2.75) is 13.2 Å². The highest BCUT2D eigenvalue weighted by atomic mass is 35.5. The van der Waals surface area contributed by atoms with E-state index in [1.165, 1.54) is 0 Å². The Hall–Kier alpha value is -1.84. The van der Waals surface area contributed by atoms with Gasteiger partial charge in [0.25, 0.3) is 0 Å². The number of amides is 1. The van der Waals surface area contributed by atoms with Gasteiger partial charge in [0.05, 0.1) is 6.61 Å². The highest BCUT2D eigenvalue weighted by Crippen LogP contribution is 2.09. The molecule has 0 atom stereocenters. The van der Waals surface area contributed by atoms with Crippen LogP contribution in [0.15, 0.2) is 54.6 Å². The number of hydrogen-bond acceptors (Lipinski definition) is 2. The van der Waals surface area contributed by atoms with Crippen molar-refractivity contribution in [1.29, 1.82) is 0 Å². The van der Waals surface area contributed by atoms with Crippen LogP contribution in [0.25, 0.3) is 0 Å². The quantitative estimate of drug-likeness (QED) is 0.887. The lowest BCUT2D eigenvalue weighted by atomic mass is 10.2. The van der Waals surface area contributed by atoms with Crippen LogP contribution in [0.1, 0.15) is 11.1 Å². The second-order valence-corrected chi connectivity index (χ2v) is 4.82. The van der Waals surface area contributed by atoms with Crippen LogP contribution in [0, 0.1) is 0 Å². The molecule has 0 aliphatic carbocycles. The number of halogens is 1. The monoisotopic (exact) mass is 289 g/mol. The summed E-state index contributed by atoms with van der Waals surface area (Å²) in [5.41, 5.74) is 2.06. The van der Waals surface area contributed by atoms with Crippen LogP contribution < -0.4 is 5.32 Å². The molecule has 0 heterocycles. The maximum absolute atomic E-state index is 11.6. The Balaban J connectivity index is 1.67. The van der Waals surface area contributed by atoms with E-state index in [9.17, 15) is 4.79 Å². The van der Waals surface area contributed by atoms with Crippen molar-refractivity contribution in [1.82, 2.24) is 5.32 Å². The average molecular weight is 290 g/mol. The van der Waals surface area contributed by atoms with Gasteiger partial charge in [-0.25, -0.2) is 0 Å². The van der Waals surface area contributed by atoms with Crippen molar-refractivity contribution >= 4 is 17.5 Å². The standard InChI is InChI=1S/C16H16ClNO2/c17-15-8-6-13(7-9-15)10-18-16(19)12-20-11-14-4-2-1-3-5-14/h1-9H,10-12H2,(H,18,19). The molecular weight excluding hydrogens is 274 g/mol. The Morgan fingerprint density at radius 3 is 2.40 bits per heavy atom. The molecule has 20 heavy (non-hydrogen) atoms. The molecule has 0 aliphatic rings. The second kappa shape index (κ2) is 7.68. The number of rotatable bonds is 6.